The van der Waals surface area contributed by atoms with Crippen molar-refractivity contribution in [1.82, 2.24) is 20.9 Å². The molecule has 5 N–H and O–H groups in total. The van der Waals surface area contributed by atoms with Gasteiger partial charge in [0.25, 0.3) is 0 Å². The number of ketones is 1. The fourth-order valence-corrected chi connectivity index (χ4v) is 3.96. The molecular formula is C27H37N6O6+. The number of amides is 3. The van der Waals surface area contributed by atoms with Gasteiger partial charge < -0.3 is 25.7 Å². The normalized spacial score (nSPS) is 12.2. The van der Waals surface area contributed by atoms with Crippen LogP contribution in [0, 0.1) is 5.53 Å². The highest BCUT2D eigenvalue weighted by Crippen LogP contribution is 2.18. The minimum absolute atomic E-state index is 0.0411. The summed E-state index contributed by atoms with van der Waals surface area (Å²) in [4.78, 5) is 67.9. The molecule has 0 aliphatic carbocycles. The lowest BCUT2D eigenvalue weighted by molar-refractivity contribution is -0.152. The second-order valence-electron chi connectivity index (χ2n) is 9.45. The highest BCUT2D eigenvalue weighted by molar-refractivity contribution is 6.25. The number of ether oxygens (including phenoxy) is 1. The Morgan fingerprint density at radius 2 is 1.79 bits per heavy atom. The highest BCUT2D eigenvalue weighted by Gasteiger charge is 2.29. The summed E-state index contributed by atoms with van der Waals surface area (Å²) >= 11 is 0. The average Bonchev–Trinajstić information content (AvgIpc) is 3.27. The second-order valence-corrected chi connectivity index (χ2v) is 9.45. The molecule has 0 aliphatic heterocycles. The van der Waals surface area contributed by atoms with Gasteiger partial charge in [-0.1, -0.05) is 18.2 Å². The van der Waals surface area contributed by atoms with Crippen molar-refractivity contribution in [3.63, 3.8) is 0 Å². The molecule has 0 spiro atoms. The van der Waals surface area contributed by atoms with E-state index in [1.807, 2.05) is 24.3 Å². The van der Waals surface area contributed by atoms with Crippen LogP contribution in [0.15, 0.2) is 30.5 Å². The number of para-hydroxylation sites is 1. The molecule has 2 aromatic rings. The van der Waals surface area contributed by atoms with Crippen molar-refractivity contribution >= 4 is 46.6 Å². The molecule has 0 unspecified atom stereocenters. The van der Waals surface area contributed by atoms with Gasteiger partial charge in [0, 0.05) is 37.0 Å². The van der Waals surface area contributed by atoms with E-state index >= 15 is 0 Å². The standard InChI is InChI=1S/C27H36N6O6/c1-17(2)39-27(38)24(12-11-20(35)16-31-28)33-26(37)23(10-6-7-13-29-18(3)34)32-25(36)14-19-15-30-22-9-5-4-8-21(19)22/h4-5,8-9,15-17,23-24,28,30H,6-7,10-14H2,1-3H3,(H2-,29,32,33,34,36,37)/p+1/t23-,24-/m0/s1. The van der Waals surface area contributed by atoms with Gasteiger partial charge in [0.15, 0.2) is 0 Å². The van der Waals surface area contributed by atoms with Crippen LogP contribution in [0.5, 0.6) is 0 Å². The number of hydrogen-bond acceptors (Lipinski definition) is 7. The number of benzene rings is 1. The van der Waals surface area contributed by atoms with E-state index in [1.54, 1.807) is 20.0 Å². The van der Waals surface area contributed by atoms with E-state index in [4.69, 9.17) is 10.3 Å². The first-order valence-electron chi connectivity index (χ1n) is 12.9. The summed E-state index contributed by atoms with van der Waals surface area (Å²) in [6.45, 7) is 5.17. The summed E-state index contributed by atoms with van der Waals surface area (Å²) < 4.78 is 5.25. The van der Waals surface area contributed by atoms with E-state index in [0.29, 0.717) is 19.4 Å². The molecule has 0 fully saturated rings. The Labute approximate surface area is 226 Å². The summed E-state index contributed by atoms with van der Waals surface area (Å²) in [6, 6.07) is 5.48. The minimum atomic E-state index is -1.13. The zero-order valence-corrected chi connectivity index (χ0v) is 22.5. The van der Waals surface area contributed by atoms with Crippen molar-refractivity contribution < 1.29 is 33.5 Å². The zero-order valence-electron chi connectivity index (χ0n) is 22.5. The van der Waals surface area contributed by atoms with Crippen molar-refractivity contribution in [2.45, 2.75) is 77.5 Å². The molecule has 1 heterocycles. The predicted octanol–water partition coefficient (Wildman–Crippen LogP) is 1.60. The quantitative estimate of drug-likeness (QED) is 0.0706. The number of aromatic amines is 1. The van der Waals surface area contributed by atoms with Gasteiger partial charge in [0.2, 0.25) is 23.5 Å². The molecule has 2 rings (SSSR count). The van der Waals surface area contributed by atoms with Crippen LogP contribution < -0.4 is 16.0 Å². The van der Waals surface area contributed by atoms with Crippen LogP contribution in [0.2, 0.25) is 0 Å². The number of esters is 1. The van der Waals surface area contributed by atoms with Gasteiger partial charge in [-0.05, 0) is 51.2 Å². The minimum Gasteiger partial charge on any atom is -0.461 e. The van der Waals surface area contributed by atoms with E-state index in [0.717, 1.165) is 22.7 Å². The molecule has 0 saturated carbocycles. The van der Waals surface area contributed by atoms with E-state index in [1.165, 1.54) is 6.92 Å². The average molecular weight is 542 g/mol. The third kappa shape index (κ3) is 10.9. The molecule has 0 bridgehead atoms. The van der Waals surface area contributed by atoms with E-state index in [9.17, 15) is 24.0 Å². The number of nitrogens with zero attached hydrogens (tertiary/aromatic N) is 1. The van der Waals surface area contributed by atoms with E-state index in [2.05, 4.69) is 25.7 Å². The Bertz CT molecular complexity index is 1220. The molecule has 2 atom stereocenters. The van der Waals surface area contributed by atoms with Crippen molar-refractivity contribution in [2.75, 3.05) is 6.54 Å². The Hall–Kier alpha value is -4.31. The Morgan fingerprint density at radius 3 is 2.49 bits per heavy atom. The summed E-state index contributed by atoms with van der Waals surface area (Å²) in [7, 11) is 0. The van der Waals surface area contributed by atoms with Gasteiger partial charge in [-0.25, -0.2) is 4.79 Å². The molecule has 210 valence electrons. The Kier molecular flexibility index (Phi) is 12.5. The number of Topliss-reactive ketones (excluding diaryl/α,β-unsaturated/α-hetero) is 1. The van der Waals surface area contributed by atoms with Gasteiger partial charge in [-0.15, -0.1) is 0 Å². The molecular weight excluding hydrogens is 504 g/mol. The second kappa shape index (κ2) is 15.8. The zero-order chi connectivity index (χ0) is 28.8. The molecule has 1 aromatic carbocycles. The van der Waals surface area contributed by atoms with Crippen LogP contribution in [0.3, 0.4) is 0 Å². The number of nitrogens with one attached hydrogen (secondary N) is 5. The largest absolute Gasteiger partial charge is 0.461 e. The molecule has 12 heteroatoms. The summed E-state index contributed by atoms with van der Waals surface area (Å²) in [6.07, 6.45) is 3.36. The van der Waals surface area contributed by atoms with Gasteiger partial charge >= 0.3 is 12.2 Å². The third-order valence-electron chi connectivity index (χ3n) is 5.81. The molecule has 0 saturated heterocycles. The topological polar surface area (TPSA) is 184 Å². The van der Waals surface area contributed by atoms with Crippen LogP contribution in [-0.4, -0.2) is 70.2 Å². The maximum atomic E-state index is 13.3. The SMILES string of the molecule is CC(=O)NCCCC[C@H](NC(=O)Cc1c[nH]c2ccccc12)C(=O)N[C@@H](CCC(=O)C=[N+]=N)C(=O)OC(C)C. The summed E-state index contributed by atoms with van der Waals surface area (Å²) in [5.74, 6) is -2.29. The third-order valence-corrected chi connectivity index (χ3v) is 5.81. The summed E-state index contributed by atoms with van der Waals surface area (Å²) in [5, 5.41) is 8.99. The van der Waals surface area contributed by atoms with Gasteiger partial charge in [0.05, 0.1) is 22.8 Å². The number of hydrogen-bond donors (Lipinski definition) is 5. The first-order chi connectivity index (χ1) is 18.6. The van der Waals surface area contributed by atoms with Crippen molar-refractivity contribution in [3.8, 4) is 0 Å². The number of rotatable bonds is 16. The number of fused-ring (bicyclic) bond motifs is 1. The number of carbonyl (C=O) groups is 5. The smallest absolute Gasteiger partial charge is 0.372 e. The molecule has 0 radical (unpaired) electrons. The first kappa shape index (κ1) is 30.9. The summed E-state index contributed by atoms with van der Waals surface area (Å²) in [5.41, 5.74) is 8.46. The van der Waals surface area contributed by atoms with Gasteiger partial charge in [0.1, 0.15) is 12.1 Å². The van der Waals surface area contributed by atoms with Crippen molar-refractivity contribution in [2.24, 2.45) is 0 Å². The lowest BCUT2D eigenvalue weighted by Gasteiger charge is -2.23. The fourth-order valence-electron chi connectivity index (χ4n) is 3.96. The molecule has 12 nitrogen and oxygen atoms in total. The molecule has 3 amide bonds. The molecule has 1 aromatic heterocycles. The van der Waals surface area contributed by atoms with E-state index < -0.39 is 35.8 Å². The van der Waals surface area contributed by atoms with Crippen LogP contribution >= 0.6 is 0 Å². The predicted molar refractivity (Wildman–Crippen MR) is 143 cm³/mol. The Morgan fingerprint density at radius 1 is 1.05 bits per heavy atom. The van der Waals surface area contributed by atoms with E-state index in [-0.39, 0.29) is 37.5 Å². The highest BCUT2D eigenvalue weighted by atomic mass is 16.5. The van der Waals surface area contributed by atoms with Crippen molar-refractivity contribution in [1.29, 1.82) is 5.53 Å². The number of unbranched alkanes of at least 4 members (excludes halogenated alkanes) is 1. The van der Waals surface area contributed by atoms with Crippen LogP contribution in [0.1, 0.15) is 58.4 Å². The number of H-pyrrole nitrogens is 1. The molecule has 0 aliphatic rings. The van der Waals surface area contributed by atoms with Crippen molar-refractivity contribution in [3.05, 3.63) is 36.0 Å². The lowest BCUT2D eigenvalue weighted by atomic mass is 10.0. The van der Waals surface area contributed by atoms with Gasteiger partial charge in [-0.3, -0.25) is 19.2 Å². The van der Waals surface area contributed by atoms with Gasteiger partial charge in [-0.2, -0.15) is 0 Å². The fraction of sp³-hybridized carbons (Fsp3) is 0.481. The number of carbonyl (C=O) groups excluding carboxylic acids is 5. The maximum Gasteiger partial charge on any atom is 0.372 e. The van der Waals surface area contributed by atoms with Crippen LogP contribution in [0.25, 0.3) is 10.9 Å². The van der Waals surface area contributed by atoms with Crippen LogP contribution in [-0.2, 0) is 35.1 Å². The lowest BCUT2D eigenvalue weighted by Crippen LogP contribution is -2.52. The maximum absolute atomic E-state index is 13.3. The Balaban J connectivity index is 2.13. The number of aromatic nitrogens is 1. The monoisotopic (exact) mass is 541 g/mol. The van der Waals surface area contributed by atoms with Crippen LogP contribution in [0.4, 0.5) is 0 Å². The first-order valence-corrected chi connectivity index (χ1v) is 12.9. The molecule has 39 heavy (non-hydrogen) atoms.